The summed E-state index contributed by atoms with van der Waals surface area (Å²) in [6, 6.07) is 13.0. The molecular weight excluding hydrogens is 292 g/mol. The molecular formula is C15H13ClN2O3. The van der Waals surface area contributed by atoms with Gasteiger partial charge in [-0.3, -0.25) is 14.5 Å². The lowest BCUT2D eigenvalue weighted by molar-refractivity contribution is -0.135. The van der Waals surface area contributed by atoms with E-state index in [0.717, 1.165) is 4.90 Å². The number of carbonyl (C=O) groups is 2. The monoisotopic (exact) mass is 304 g/mol. The van der Waals surface area contributed by atoms with E-state index >= 15 is 0 Å². The SMILES string of the molecule is Nc1ccccc1N(CC(=O)O)C(=O)c1ccccc1Cl. The summed E-state index contributed by atoms with van der Waals surface area (Å²) in [6.07, 6.45) is 0. The number of amides is 1. The van der Waals surface area contributed by atoms with Crippen LogP contribution >= 0.6 is 11.6 Å². The molecule has 21 heavy (non-hydrogen) atoms. The molecule has 0 saturated heterocycles. The highest BCUT2D eigenvalue weighted by Gasteiger charge is 2.23. The standard InChI is InChI=1S/C15H13ClN2O3/c16-11-6-2-1-5-10(11)15(21)18(9-14(19)20)13-8-4-3-7-12(13)17/h1-8H,9,17H2,(H,19,20). The van der Waals surface area contributed by atoms with Crippen LogP contribution in [0, 0.1) is 0 Å². The third-order valence-corrected chi connectivity index (χ3v) is 3.20. The number of nitrogens with two attached hydrogens (primary N) is 1. The summed E-state index contributed by atoms with van der Waals surface area (Å²) in [7, 11) is 0. The van der Waals surface area contributed by atoms with Gasteiger partial charge in [0.15, 0.2) is 0 Å². The van der Waals surface area contributed by atoms with Gasteiger partial charge < -0.3 is 10.8 Å². The first-order chi connectivity index (χ1) is 10.0. The van der Waals surface area contributed by atoms with Crippen molar-refractivity contribution in [3.63, 3.8) is 0 Å². The number of carbonyl (C=O) groups excluding carboxylic acids is 1. The molecule has 0 bridgehead atoms. The average Bonchev–Trinajstić information content (AvgIpc) is 2.45. The van der Waals surface area contributed by atoms with Crippen molar-refractivity contribution in [1.82, 2.24) is 0 Å². The lowest BCUT2D eigenvalue weighted by atomic mass is 10.1. The van der Waals surface area contributed by atoms with E-state index < -0.39 is 18.4 Å². The van der Waals surface area contributed by atoms with E-state index in [4.69, 9.17) is 22.4 Å². The van der Waals surface area contributed by atoms with Crippen molar-refractivity contribution in [1.29, 1.82) is 0 Å². The number of rotatable bonds is 4. The van der Waals surface area contributed by atoms with Gasteiger partial charge in [-0.2, -0.15) is 0 Å². The number of halogens is 1. The first kappa shape index (κ1) is 14.9. The lowest BCUT2D eigenvalue weighted by Crippen LogP contribution is -2.36. The fourth-order valence-electron chi connectivity index (χ4n) is 1.92. The minimum Gasteiger partial charge on any atom is -0.480 e. The van der Waals surface area contributed by atoms with Gasteiger partial charge in [-0.05, 0) is 24.3 Å². The van der Waals surface area contributed by atoms with Gasteiger partial charge in [0.2, 0.25) is 0 Å². The van der Waals surface area contributed by atoms with Gasteiger partial charge in [0.1, 0.15) is 6.54 Å². The highest BCUT2D eigenvalue weighted by molar-refractivity contribution is 6.34. The number of nitrogens with zero attached hydrogens (tertiary/aromatic N) is 1. The minimum atomic E-state index is -1.14. The number of para-hydroxylation sites is 2. The zero-order chi connectivity index (χ0) is 15.4. The number of benzene rings is 2. The van der Waals surface area contributed by atoms with E-state index in [1.54, 1.807) is 48.5 Å². The Morgan fingerprint density at radius 3 is 2.33 bits per heavy atom. The molecule has 0 radical (unpaired) electrons. The molecule has 6 heteroatoms. The van der Waals surface area contributed by atoms with E-state index in [9.17, 15) is 9.59 Å². The first-order valence-electron chi connectivity index (χ1n) is 6.13. The lowest BCUT2D eigenvalue weighted by Gasteiger charge is -2.22. The summed E-state index contributed by atoms with van der Waals surface area (Å²) in [5, 5.41) is 9.29. The summed E-state index contributed by atoms with van der Waals surface area (Å²) in [4.78, 5) is 24.7. The second-order valence-corrected chi connectivity index (χ2v) is 4.73. The van der Waals surface area contributed by atoms with Crippen LogP contribution in [0.2, 0.25) is 5.02 Å². The van der Waals surface area contributed by atoms with Crippen LogP contribution < -0.4 is 10.6 Å². The minimum absolute atomic E-state index is 0.226. The van der Waals surface area contributed by atoms with E-state index in [0.29, 0.717) is 11.4 Å². The number of hydrogen-bond acceptors (Lipinski definition) is 3. The van der Waals surface area contributed by atoms with Crippen LogP contribution in [0.1, 0.15) is 10.4 Å². The number of carboxylic acids is 1. The molecule has 0 unspecified atom stereocenters. The van der Waals surface area contributed by atoms with Crippen molar-refractivity contribution in [2.45, 2.75) is 0 Å². The zero-order valence-corrected chi connectivity index (χ0v) is 11.7. The fraction of sp³-hybridized carbons (Fsp3) is 0.0667. The molecule has 0 aliphatic rings. The van der Waals surface area contributed by atoms with Crippen molar-refractivity contribution >= 4 is 34.9 Å². The Hall–Kier alpha value is -2.53. The Kier molecular flexibility index (Phi) is 4.45. The zero-order valence-electron chi connectivity index (χ0n) is 11.0. The molecule has 1 amide bonds. The second kappa shape index (κ2) is 6.28. The molecule has 0 aliphatic heterocycles. The first-order valence-corrected chi connectivity index (χ1v) is 6.51. The molecule has 2 rings (SSSR count). The van der Waals surface area contributed by atoms with Crippen LogP contribution in [0.4, 0.5) is 11.4 Å². The smallest absolute Gasteiger partial charge is 0.323 e. The molecule has 0 heterocycles. The van der Waals surface area contributed by atoms with E-state index in [1.807, 2.05) is 0 Å². The van der Waals surface area contributed by atoms with Crippen molar-refractivity contribution in [2.24, 2.45) is 0 Å². The van der Waals surface area contributed by atoms with Crippen LogP contribution in [0.15, 0.2) is 48.5 Å². The van der Waals surface area contributed by atoms with Crippen LogP contribution in [0.25, 0.3) is 0 Å². The number of nitrogen functional groups attached to an aromatic ring is 1. The van der Waals surface area contributed by atoms with Gasteiger partial charge in [0, 0.05) is 0 Å². The largest absolute Gasteiger partial charge is 0.480 e. The predicted molar refractivity (Wildman–Crippen MR) is 81.6 cm³/mol. The van der Waals surface area contributed by atoms with Gasteiger partial charge in [-0.15, -0.1) is 0 Å². The van der Waals surface area contributed by atoms with Crippen molar-refractivity contribution in [2.75, 3.05) is 17.2 Å². The van der Waals surface area contributed by atoms with Gasteiger partial charge in [0.25, 0.3) is 5.91 Å². The summed E-state index contributed by atoms with van der Waals surface area (Å²) in [6.45, 7) is -0.502. The van der Waals surface area contributed by atoms with Gasteiger partial charge >= 0.3 is 5.97 Å². The molecule has 2 aromatic rings. The molecule has 0 aliphatic carbocycles. The van der Waals surface area contributed by atoms with E-state index in [2.05, 4.69) is 0 Å². The summed E-state index contributed by atoms with van der Waals surface area (Å²) in [5.74, 6) is -1.65. The molecule has 0 aromatic heterocycles. The second-order valence-electron chi connectivity index (χ2n) is 4.32. The Morgan fingerprint density at radius 2 is 1.71 bits per heavy atom. The Balaban J connectivity index is 2.46. The highest BCUT2D eigenvalue weighted by Crippen LogP contribution is 2.26. The molecule has 5 nitrogen and oxygen atoms in total. The highest BCUT2D eigenvalue weighted by atomic mass is 35.5. The predicted octanol–water partition coefficient (Wildman–Crippen LogP) is 2.65. The van der Waals surface area contributed by atoms with Crippen LogP contribution in [-0.4, -0.2) is 23.5 Å². The van der Waals surface area contributed by atoms with Crippen LogP contribution in [0.5, 0.6) is 0 Å². The molecule has 3 N–H and O–H groups in total. The quantitative estimate of drug-likeness (QED) is 0.851. The number of carboxylic acid groups (broad SMARTS) is 1. The van der Waals surface area contributed by atoms with E-state index in [-0.39, 0.29) is 10.6 Å². The molecule has 0 atom stereocenters. The number of hydrogen-bond donors (Lipinski definition) is 2. The van der Waals surface area contributed by atoms with Crippen molar-refractivity contribution in [3.05, 3.63) is 59.1 Å². The number of aliphatic carboxylic acids is 1. The molecule has 2 aromatic carbocycles. The van der Waals surface area contributed by atoms with Crippen LogP contribution in [-0.2, 0) is 4.79 Å². The third kappa shape index (κ3) is 3.32. The normalized spacial score (nSPS) is 10.1. The van der Waals surface area contributed by atoms with Gasteiger partial charge in [-0.25, -0.2) is 0 Å². The Labute approximate surface area is 126 Å². The third-order valence-electron chi connectivity index (χ3n) is 2.87. The summed E-state index contributed by atoms with van der Waals surface area (Å²) >= 11 is 6.00. The maximum Gasteiger partial charge on any atom is 0.323 e. The summed E-state index contributed by atoms with van der Waals surface area (Å²) < 4.78 is 0. The van der Waals surface area contributed by atoms with Gasteiger partial charge in [0.05, 0.1) is 22.0 Å². The van der Waals surface area contributed by atoms with Crippen molar-refractivity contribution in [3.8, 4) is 0 Å². The molecule has 0 fully saturated rings. The maximum atomic E-state index is 12.6. The number of anilines is 2. The van der Waals surface area contributed by atoms with Crippen molar-refractivity contribution < 1.29 is 14.7 Å². The molecule has 0 spiro atoms. The van der Waals surface area contributed by atoms with Crippen LogP contribution in [0.3, 0.4) is 0 Å². The van der Waals surface area contributed by atoms with Gasteiger partial charge in [-0.1, -0.05) is 35.9 Å². The Morgan fingerprint density at radius 1 is 1.10 bits per heavy atom. The Bertz CT molecular complexity index is 688. The fourth-order valence-corrected chi connectivity index (χ4v) is 2.13. The average molecular weight is 305 g/mol. The summed E-state index contributed by atoms with van der Waals surface area (Å²) in [5.41, 5.74) is 6.71. The topological polar surface area (TPSA) is 83.6 Å². The maximum absolute atomic E-state index is 12.6. The van der Waals surface area contributed by atoms with E-state index in [1.165, 1.54) is 0 Å². The molecule has 0 saturated carbocycles. The molecule has 108 valence electrons.